The van der Waals surface area contributed by atoms with Crippen LogP contribution in [0.4, 0.5) is 0 Å². The lowest BCUT2D eigenvalue weighted by Crippen LogP contribution is -2.14. The van der Waals surface area contributed by atoms with Gasteiger partial charge in [-0.2, -0.15) is 0 Å². The average molecular weight is 234 g/mol. The molecule has 0 aliphatic rings. The van der Waals surface area contributed by atoms with Gasteiger partial charge in [-0.1, -0.05) is 33.0 Å². The van der Waals surface area contributed by atoms with E-state index in [1.807, 2.05) is 18.2 Å². The van der Waals surface area contributed by atoms with E-state index in [4.69, 9.17) is 16.6 Å². The molecular weight excluding hydrogens is 220 g/mol. The first-order chi connectivity index (χ1) is 7.47. The van der Waals surface area contributed by atoms with Crippen molar-refractivity contribution < 1.29 is 4.42 Å². The molecule has 0 aromatic carbocycles. The summed E-state index contributed by atoms with van der Waals surface area (Å²) < 4.78 is 5.88. The van der Waals surface area contributed by atoms with E-state index in [9.17, 15) is 0 Å². The molecule has 84 valence electrons. The van der Waals surface area contributed by atoms with Crippen molar-refractivity contribution in [3.05, 3.63) is 34.8 Å². The Bertz CT molecular complexity index is 535. The molecule has 0 aliphatic carbocycles. The zero-order valence-electron chi connectivity index (χ0n) is 9.57. The molecule has 2 heterocycles. The highest BCUT2D eigenvalue weighted by molar-refractivity contribution is 7.71. The maximum absolute atomic E-state index is 5.30. The second kappa shape index (κ2) is 3.87. The van der Waals surface area contributed by atoms with E-state index in [0.29, 0.717) is 16.2 Å². The topological polar surface area (TPSA) is 41.8 Å². The molecule has 2 rings (SSSR count). The number of H-pyrrole nitrogens is 1. The number of nitrogens with zero attached hydrogens (tertiary/aromatic N) is 1. The van der Waals surface area contributed by atoms with Crippen molar-refractivity contribution in [2.24, 2.45) is 0 Å². The van der Waals surface area contributed by atoms with Crippen LogP contribution in [0, 0.1) is 4.64 Å². The van der Waals surface area contributed by atoms with E-state index in [-0.39, 0.29) is 5.41 Å². The molecule has 1 N–H and O–H groups in total. The molecule has 0 fully saturated rings. The van der Waals surface area contributed by atoms with Crippen molar-refractivity contribution in [1.82, 2.24) is 9.97 Å². The average Bonchev–Trinajstić information content (AvgIpc) is 2.68. The second-order valence-electron chi connectivity index (χ2n) is 4.71. The van der Waals surface area contributed by atoms with Gasteiger partial charge in [0.2, 0.25) is 0 Å². The minimum Gasteiger partial charge on any atom is -0.461 e. The number of hydrogen-bond donors (Lipinski definition) is 1. The maximum atomic E-state index is 5.30. The largest absolute Gasteiger partial charge is 0.461 e. The second-order valence-corrected chi connectivity index (χ2v) is 5.13. The molecule has 0 radical (unpaired) electrons. The summed E-state index contributed by atoms with van der Waals surface area (Å²) in [6, 6.07) is 5.58. The highest BCUT2D eigenvalue weighted by Gasteiger charge is 2.16. The van der Waals surface area contributed by atoms with Gasteiger partial charge in [-0.3, -0.25) is 0 Å². The third-order valence-corrected chi connectivity index (χ3v) is 2.51. The standard InChI is InChI=1S/C12H14N2OS/c1-12(2,3)9-7-10(16)14-11(13-9)8-5-4-6-15-8/h4-7H,1-3H3,(H,13,14,16). The Morgan fingerprint density at radius 2 is 2.12 bits per heavy atom. The van der Waals surface area contributed by atoms with Crippen LogP contribution in [0.25, 0.3) is 11.6 Å². The van der Waals surface area contributed by atoms with E-state index in [1.165, 1.54) is 0 Å². The summed E-state index contributed by atoms with van der Waals surface area (Å²) in [5.41, 5.74) is 1.07. The third-order valence-electron chi connectivity index (χ3n) is 2.31. The minimum atomic E-state index is 0.0117. The van der Waals surface area contributed by atoms with Crippen LogP contribution in [0.15, 0.2) is 28.9 Å². The Hall–Kier alpha value is -1.42. The highest BCUT2D eigenvalue weighted by atomic mass is 32.1. The van der Waals surface area contributed by atoms with E-state index in [0.717, 1.165) is 5.69 Å². The Kier molecular flexibility index (Phi) is 2.68. The van der Waals surface area contributed by atoms with Crippen LogP contribution in [0.2, 0.25) is 0 Å². The molecule has 0 unspecified atom stereocenters. The minimum absolute atomic E-state index is 0.0117. The van der Waals surface area contributed by atoms with E-state index >= 15 is 0 Å². The van der Waals surface area contributed by atoms with Gasteiger partial charge in [-0.05, 0) is 18.2 Å². The van der Waals surface area contributed by atoms with Crippen LogP contribution in [0.3, 0.4) is 0 Å². The van der Waals surface area contributed by atoms with Gasteiger partial charge in [0.05, 0.1) is 6.26 Å². The van der Waals surface area contributed by atoms with Gasteiger partial charge in [-0.15, -0.1) is 0 Å². The zero-order valence-corrected chi connectivity index (χ0v) is 10.4. The van der Waals surface area contributed by atoms with Crippen molar-refractivity contribution >= 4 is 12.2 Å². The molecule has 0 aliphatic heterocycles. The first kappa shape index (κ1) is 11.1. The number of aromatic amines is 1. The summed E-state index contributed by atoms with van der Waals surface area (Å²) in [6.07, 6.45) is 1.62. The van der Waals surface area contributed by atoms with Crippen LogP contribution >= 0.6 is 12.2 Å². The van der Waals surface area contributed by atoms with Gasteiger partial charge in [0, 0.05) is 11.1 Å². The van der Waals surface area contributed by atoms with Gasteiger partial charge in [0.25, 0.3) is 0 Å². The quantitative estimate of drug-likeness (QED) is 0.765. The molecule has 0 atom stereocenters. The van der Waals surface area contributed by atoms with Crippen molar-refractivity contribution in [2.45, 2.75) is 26.2 Å². The summed E-state index contributed by atoms with van der Waals surface area (Å²) in [5, 5.41) is 0. The molecule has 0 bridgehead atoms. The molecular formula is C12H14N2OS. The highest BCUT2D eigenvalue weighted by Crippen LogP contribution is 2.23. The summed E-state index contributed by atoms with van der Waals surface area (Å²) in [7, 11) is 0. The Balaban J connectivity index is 2.57. The smallest absolute Gasteiger partial charge is 0.175 e. The van der Waals surface area contributed by atoms with Crippen molar-refractivity contribution in [3.8, 4) is 11.6 Å². The van der Waals surface area contributed by atoms with E-state index in [2.05, 4.69) is 30.7 Å². The molecule has 0 saturated carbocycles. The number of nitrogens with one attached hydrogen (secondary N) is 1. The lowest BCUT2D eigenvalue weighted by Gasteiger charge is -2.18. The third kappa shape index (κ3) is 2.22. The van der Waals surface area contributed by atoms with Crippen molar-refractivity contribution in [1.29, 1.82) is 0 Å². The fourth-order valence-electron chi connectivity index (χ4n) is 1.39. The van der Waals surface area contributed by atoms with E-state index in [1.54, 1.807) is 6.26 Å². The molecule has 0 spiro atoms. The van der Waals surface area contributed by atoms with Gasteiger partial charge in [0.15, 0.2) is 11.6 Å². The van der Waals surface area contributed by atoms with Gasteiger partial charge < -0.3 is 9.40 Å². The van der Waals surface area contributed by atoms with Crippen LogP contribution in [0.5, 0.6) is 0 Å². The summed E-state index contributed by atoms with van der Waals surface area (Å²) in [5.74, 6) is 1.39. The number of hydrogen-bond acceptors (Lipinski definition) is 3. The first-order valence-corrected chi connectivity index (χ1v) is 5.53. The Labute approximate surface area is 99.5 Å². The summed E-state index contributed by atoms with van der Waals surface area (Å²) in [4.78, 5) is 7.51. The van der Waals surface area contributed by atoms with Crippen molar-refractivity contribution in [2.75, 3.05) is 0 Å². The molecule has 0 amide bonds. The summed E-state index contributed by atoms with van der Waals surface area (Å²) in [6.45, 7) is 6.37. The van der Waals surface area contributed by atoms with Crippen LogP contribution < -0.4 is 0 Å². The number of furan rings is 1. The number of rotatable bonds is 1. The lowest BCUT2D eigenvalue weighted by atomic mass is 9.92. The molecule has 4 heteroatoms. The SMILES string of the molecule is CC(C)(C)c1cc(=S)nc(-c2ccco2)[nH]1. The molecule has 0 saturated heterocycles. The lowest BCUT2D eigenvalue weighted by molar-refractivity contribution is 0.556. The Morgan fingerprint density at radius 1 is 1.38 bits per heavy atom. The molecule has 2 aromatic heterocycles. The fraction of sp³-hybridized carbons (Fsp3) is 0.333. The number of aromatic nitrogens is 2. The van der Waals surface area contributed by atoms with Gasteiger partial charge in [0.1, 0.15) is 4.64 Å². The van der Waals surface area contributed by atoms with Gasteiger partial charge >= 0.3 is 0 Å². The molecule has 2 aromatic rings. The van der Waals surface area contributed by atoms with E-state index < -0.39 is 0 Å². The predicted molar refractivity (Wildman–Crippen MR) is 65.8 cm³/mol. The van der Waals surface area contributed by atoms with Crippen LogP contribution in [-0.2, 0) is 5.41 Å². The van der Waals surface area contributed by atoms with Gasteiger partial charge in [-0.25, -0.2) is 4.98 Å². The monoisotopic (exact) mass is 234 g/mol. The first-order valence-electron chi connectivity index (χ1n) is 5.12. The molecule has 16 heavy (non-hydrogen) atoms. The normalized spacial score (nSPS) is 11.7. The zero-order chi connectivity index (χ0) is 11.8. The van der Waals surface area contributed by atoms with Crippen LogP contribution in [0.1, 0.15) is 26.5 Å². The summed E-state index contributed by atoms with van der Waals surface area (Å²) >= 11 is 5.16. The van der Waals surface area contributed by atoms with Crippen molar-refractivity contribution in [3.63, 3.8) is 0 Å². The fourth-order valence-corrected chi connectivity index (χ4v) is 1.60. The Morgan fingerprint density at radius 3 is 2.69 bits per heavy atom. The predicted octanol–water partition coefficient (Wildman–Crippen LogP) is 3.70. The maximum Gasteiger partial charge on any atom is 0.175 e. The molecule has 3 nitrogen and oxygen atoms in total. The van der Waals surface area contributed by atoms with Crippen LogP contribution in [-0.4, -0.2) is 9.97 Å².